The molecule has 178 valence electrons. The van der Waals surface area contributed by atoms with Crippen LogP contribution < -0.4 is 15.4 Å². The van der Waals surface area contributed by atoms with Crippen LogP contribution in [0.15, 0.2) is 78.9 Å². The number of carbonyl (C=O) groups is 1. The standard InChI is InChI=1S/C28H32ClN3O2/c1-34-26-12-10-22(11-13-26)18-31-25-17-27(28(33)30-15-14-21-6-3-2-4-7-21)32(20-25)19-23-8-5-9-24(29)16-23/h2-13,16,25,27,31H,14-15,17-20H2,1H3,(H,30,33)/t25-,27-/m0/s1. The van der Waals surface area contributed by atoms with Crippen LogP contribution in [0.3, 0.4) is 0 Å². The van der Waals surface area contributed by atoms with Crippen molar-refractivity contribution in [2.45, 2.75) is 38.0 Å². The van der Waals surface area contributed by atoms with Crippen molar-refractivity contribution in [1.29, 1.82) is 0 Å². The third kappa shape index (κ3) is 6.83. The molecule has 3 aromatic carbocycles. The van der Waals surface area contributed by atoms with Gasteiger partial charge in [0.2, 0.25) is 5.91 Å². The van der Waals surface area contributed by atoms with Crippen molar-refractivity contribution in [3.63, 3.8) is 0 Å². The van der Waals surface area contributed by atoms with Crippen LogP contribution in [0.2, 0.25) is 5.02 Å². The maximum atomic E-state index is 13.2. The van der Waals surface area contributed by atoms with E-state index >= 15 is 0 Å². The molecule has 5 nitrogen and oxygen atoms in total. The lowest BCUT2D eigenvalue weighted by Gasteiger charge is -2.23. The third-order valence-corrected chi connectivity index (χ3v) is 6.53. The number of hydrogen-bond donors (Lipinski definition) is 2. The summed E-state index contributed by atoms with van der Waals surface area (Å²) in [5, 5.41) is 7.52. The first-order valence-corrected chi connectivity index (χ1v) is 12.1. The zero-order valence-corrected chi connectivity index (χ0v) is 20.3. The van der Waals surface area contributed by atoms with E-state index in [2.05, 4.69) is 45.9 Å². The minimum atomic E-state index is -0.178. The lowest BCUT2D eigenvalue weighted by Crippen LogP contribution is -2.43. The van der Waals surface area contributed by atoms with E-state index in [1.165, 1.54) is 11.1 Å². The molecule has 1 aliphatic rings. The molecule has 0 aromatic heterocycles. The maximum Gasteiger partial charge on any atom is 0.237 e. The van der Waals surface area contributed by atoms with Gasteiger partial charge in [-0.05, 0) is 53.8 Å². The average molecular weight is 478 g/mol. The van der Waals surface area contributed by atoms with Crippen LogP contribution >= 0.6 is 11.6 Å². The fraction of sp³-hybridized carbons (Fsp3) is 0.321. The summed E-state index contributed by atoms with van der Waals surface area (Å²) in [5.41, 5.74) is 3.53. The van der Waals surface area contributed by atoms with Gasteiger partial charge in [-0.2, -0.15) is 0 Å². The third-order valence-electron chi connectivity index (χ3n) is 6.29. The van der Waals surface area contributed by atoms with Gasteiger partial charge in [0.25, 0.3) is 0 Å². The summed E-state index contributed by atoms with van der Waals surface area (Å²) in [5.74, 6) is 0.941. The van der Waals surface area contributed by atoms with Crippen LogP contribution in [0.25, 0.3) is 0 Å². The second kappa shape index (κ2) is 12.0. The summed E-state index contributed by atoms with van der Waals surface area (Å²) in [6, 6.07) is 26.2. The van der Waals surface area contributed by atoms with Crippen LogP contribution in [-0.4, -0.2) is 43.1 Å². The summed E-state index contributed by atoms with van der Waals surface area (Å²) in [6.07, 6.45) is 1.60. The lowest BCUT2D eigenvalue weighted by atomic mass is 10.1. The van der Waals surface area contributed by atoms with Crippen LogP contribution in [0, 0.1) is 0 Å². The SMILES string of the molecule is COc1ccc(CN[C@H]2C[C@@H](C(=O)NCCc3ccccc3)N(Cc3cccc(Cl)c3)C2)cc1. The number of amides is 1. The predicted molar refractivity (Wildman–Crippen MR) is 137 cm³/mol. The van der Waals surface area contributed by atoms with Gasteiger partial charge in [0.1, 0.15) is 5.75 Å². The van der Waals surface area contributed by atoms with E-state index in [9.17, 15) is 4.79 Å². The molecule has 1 saturated heterocycles. The van der Waals surface area contributed by atoms with E-state index in [0.29, 0.717) is 13.1 Å². The first-order valence-electron chi connectivity index (χ1n) is 11.8. The average Bonchev–Trinajstić information content (AvgIpc) is 3.26. The zero-order chi connectivity index (χ0) is 23.8. The number of likely N-dealkylation sites (tertiary alicyclic amines) is 1. The Hall–Kier alpha value is -2.86. The molecule has 0 unspecified atom stereocenters. The number of rotatable bonds is 10. The lowest BCUT2D eigenvalue weighted by molar-refractivity contribution is -0.125. The molecule has 1 amide bonds. The van der Waals surface area contributed by atoms with Crippen molar-refractivity contribution in [1.82, 2.24) is 15.5 Å². The van der Waals surface area contributed by atoms with Gasteiger partial charge >= 0.3 is 0 Å². The Kier molecular flexibility index (Phi) is 8.58. The van der Waals surface area contributed by atoms with E-state index in [-0.39, 0.29) is 18.0 Å². The van der Waals surface area contributed by atoms with Gasteiger partial charge in [-0.1, -0.05) is 66.2 Å². The summed E-state index contributed by atoms with van der Waals surface area (Å²) < 4.78 is 5.25. The van der Waals surface area contributed by atoms with Crippen molar-refractivity contribution in [2.75, 3.05) is 20.2 Å². The molecule has 4 rings (SSSR count). The fourth-order valence-electron chi connectivity index (χ4n) is 4.47. The van der Waals surface area contributed by atoms with Crippen molar-refractivity contribution < 1.29 is 9.53 Å². The van der Waals surface area contributed by atoms with Gasteiger partial charge in [0.15, 0.2) is 0 Å². The normalized spacial score (nSPS) is 18.1. The summed E-state index contributed by atoms with van der Waals surface area (Å²) in [4.78, 5) is 15.4. The number of halogens is 1. The van der Waals surface area contributed by atoms with E-state index in [1.807, 2.05) is 48.5 Å². The molecule has 0 bridgehead atoms. The van der Waals surface area contributed by atoms with Crippen LogP contribution in [0.5, 0.6) is 5.75 Å². The van der Waals surface area contributed by atoms with E-state index in [1.54, 1.807) is 7.11 Å². The van der Waals surface area contributed by atoms with E-state index < -0.39 is 0 Å². The van der Waals surface area contributed by atoms with Gasteiger partial charge in [-0.15, -0.1) is 0 Å². The Morgan fingerprint density at radius 2 is 1.76 bits per heavy atom. The van der Waals surface area contributed by atoms with Crippen molar-refractivity contribution in [3.8, 4) is 5.75 Å². The van der Waals surface area contributed by atoms with Crippen molar-refractivity contribution in [3.05, 3.63) is 101 Å². The molecule has 0 aliphatic carbocycles. The molecule has 6 heteroatoms. The predicted octanol–water partition coefficient (Wildman–Crippen LogP) is 4.44. The van der Waals surface area contributed by atoms with Gasteiger partial charge < -0.3 is 15.4 Å². The fourth-order valence-corrected chi connectivity index (χ4v) is 4.68. The summed E-state index contributed by atoms with van der Waals surface area (Å²) >= 11 is 6.20. The molecule has 1 fully saturated rings. The highest BCUT2D eigenvalue weighted by Crippen LogP contribution is 2.23. The highest BCUT2D eigenvalue weighted by atomic mass is 35.5. The molecule has 34 heavy (non-hydrogen) atoms. The summed E-state index contributed by atoms with van der Waals surface area (Å²) in [7, 11) is 1.67. The Labute approximate surface area is 207 Å². The number of ether oxygens (including phenoxy) is 1. The van der Waals surface area contributed by atoms with Gasteiger partial charge in [0.05, 0.1) is 13.2 Å². The number of carbonyl (C=O) groups excluding carboxylic acids is 1. The molecule has 1 heterocycles. The van der Waals surface area contributed by atoms with E-state index in [0.717, 1.165) is 42.3 Å². The number of nitrogens with one attached hydrogen (secondary N) is 2. The molecule has 1 aliphatic heterocycles. The second-order valence-corrected chi connectivity index (χ2v) is 9.20. The Morgan fingerprint density at radius 3 is 2.50 bits per heavy atom. The smallest absolute Gasteiger partial charge is 0.237 e. The van der Waals surface area contributed by atoms with Gasteiger partial charge in [0, 0.05) is 37.2 Å². The first kappa shape index (κ1) is 24.3. The number of nitrogens with zero attached hydrogens (tertiary/aromatic N) is 1. The van der Waals surface area contributed by atoms with Gasteiger partial charge in [-0.25, -0.2) is 0 Å². The van der Waals surface area contributed by atoms with E-state index in [4.69, 9.17) is 16.3 Å². The number of hydrogen-bond acceptors (Lipinski definition) is 4. The van der Waals surface area contributed by atoms with Crippen LogP contribution in [-0.2, 0) is 24.3 Å². The zero-order valence-electron chi connectivity index (χ0n) is 19.5. The minimum Gasteiger partial charge on any atom is -0.497 e. The molecule has 0 radical (unpaired) electrons. The number of benzene rings is 3. The molecule has 0 spiro atoms. The minimum absolute atomic E-state index is 0.0895. The molecular formula is C28H32ClN3O2. The summed E-state index contributed by atoms with van der Waals surface area (Å²) in [6.45, 7) is 2.88. The Bertz CT molecular complexity index is 1060. The molecule has 2 atom stereocenters. The largest absolute Gasteiger partial charge is 0.497 e. The van der Waals surface area contributed by atoms with Crippen LogP contribution in [0.4, 0.5) is 0 Å². The monoisotopic (exact) mass is 477 g/mol. The molecule has 2 N–H and O–H groups in total. The Morgan fingerprint density at radius 1 is 1.00 bits per heavy atom. The van der Waals surface area contributed by atoms with Crippen molar-refractivity contribution >= 4 is 17.5 Å². The molecule has 3 aromatic rings. The highest BCUT2D eigenvalue weighted by Gasteiger charge is 2.36. The van der Waals surface area contributed by atoms with Gasteiger partial charge in [-0.3, -0.25) is 9.69 Å². The quantitative estimate of drug-likeness (QED) is 0.453. The van der Waals surface area contributed by atoms with Crippen LogP contribution in [0.1, 0.15) is 23.1 Å². The second-order valence-electron chi connectivity index (χ2n) is 8.76. The maximum absolute atomic E-state index is 13.2. The molecule has 0 saturated carbocycles. The first-order chi connectivity index (χ1) is 16.6. The number of methoxy groups -OCH3 is 1. The Balaban J connectivity index is 1.37. The topological polar surface area (TPSA) is 53.6 Å². The molecular weight excluding hydrogens is 446 g/mol. The highest BCUT2D eigenvalue weighted by molar-refractivity contribution is 6.30. The van der Waals surface area contributed by atoms with Crippen molar-refractivity contribution in [2.24, 2.45) is 0 Å².